The van der Waals surface area contributed by atoms with Crippen LogP contribution in [-0.2, 0) is 0 Å². The van der Waals surface area contributed by atoms with Crippen molar-refractivity contribution in [3.63, 3.8) is 0 Å². The second kappa shape index (κ2) is 10.2. The molecule has 0 spiro atoms. The van der Waals surface area contributed by atoms with Crippen molar-refractivity contribution in [1.82, 2.24) is 0 Å². The topological polar surface area (TPSA) is 63.2 Å². The van der Waals surface area contributed by atoms with Crippen LogP contribution < -0.4 is 10.2 Å². The van der Waals surface area contributed by atoms with Crippen LogP contribution in [0, 0.1) is 18.3 Å². The number of hydrogen-bond acceptors (Lipinski definition) is 4. The van der Waals surface area contributed by atoms with E-state index in [4.69, 9.17) is 9.15 Å². The molecule has 1 heterocycles. The minimum absolute atomic E-state index is 0.0770. The van der Waals surface area contributed by atoms with Gasteiger partial charge in [0.25, 0.3) is 0 Å². The van der Waals surface area contributed by atoms with E-state index in [1.165, 1.54) is 0 Å². The Kier molecular flexibility index (Phi) is 6.24. The number of para-hydroxylation sites is 1. The van der Waals surface area contributed by atoms with Gasteiger partial charge in [0.05, 0.1) is 17.0 Å². The Balaban J connectivity index is 1.44. The molecule has 186 valence electrons. The van der Waals surface area contributed by atoms with Crippen LogP contribution >= 0.6 is 0 Å². The van der Waals surface area contributed by atoms with E-state index < -0.39 is 0 Å². The summed E-state index contributed by atoms with van der Waals surface area (Å²) in [7, 11) is 0. The fraction of sp³-hybridized carbons (Fsp3) is 0.0286. The first-order valence-corrected chi connectivity index (χ1v) is 12.6. The zero-order valence-corrected chi connectivity index (χ0v) is 21.2. The molecule has 0 atom stereocenters. The lowest BCUT2D eigenvalue weighted by Crippen LogP contribution is -2.07. The lowest BCUT2D eigenvalue weighted by molar-refractivity contribution is 0.458. The fourth-order valence-corrected chi connectivity index (χ4v) is 4.63. The maximum absolute atomic E-state index is 13.6. The van der Waals surface area contributed by atoms with Crippen molar-refractivity contribution < 1.29 is 9.15 Å². The van der Waals surface area contributed by atoms with Gasteiger partial charge in [0, 0.05) is 5.56 Å². The van der Waals surface area contributed by atoms with Crippen molar-refractivity contribution in [2.45, 2.75) is 6.92 Å². The van der Waals surface area contributed by atoms with Gasteiger partial charge in [-0.25, -0.2) is 0 Å². The van der Waals surface area contributed by atoms with Crippen molar-refractivity contribution in [3.05, 3.63) is 143 Å². The van der Waals surface area contributed by atoms with Crippen LogP contribution in [0.2, 0.25) is 0 Å². The Labute approximate surface area is 226 Å². The van der Waals surface area contributed by atoms with Gasteiger partial charge in [-0.2, -0.15) is 5.26 Å². The molecule has 39 heavy (non-hydrogen) atoms. The SMILES string of the molecule is Cc1ccc(-c2ccc(Oc3c(-c4ccc(-c5ccccc5)cc4)oc4ccccc4c3=O)cc2C#N)cc1. The van der Waals surface area contributed by atoms with E-state index in [0.717, 1.165) is 27.8 Å². The third-order valence-electron chi connectivity index (χ3n) is 6.70. The van der Waals surface area contributed by atoms with Crippen LogP contribution in [0.1, 0.15) is 11.1 Å². The standard InChI is InChI=1S/C35H23NO3/c1-23-11-13-26(14-12-23)30-20-19-29(21-28(30)22-36)38-35-33(37)31-9-5-6-10-32(31)39-34(35)27-17-15-25(16-18-27)24-7-3-2-4-8-24/h2-21H,1H3. The summed E-state index contributed by atoms with van der Waals surface area (Å²) in [4.78, 5) is 13.6. The molecule has 6 aromatic rings. The molecule has 4 nitrogen and oxygen atoms in total. The number of nitrogens with zero attached hydrogens (tertiary/aromatic N) is 1. The van der Waals surface area contributed by atoms with Crippen LogP contribution in [0.15, 0.2) is 131 Å². The molecule has 5 aromatic carbocycles. The van der Waals surface area contributed by atoms with Gasteiger partial charge in [-0.3, -0.25) is 4.79 Å². The van der Waals surface area contributed by atoms with E-state index in [-0.39, 0.29) is 11.2 Å². The molecule has 0 N–H and O–H groups in total. The van der Waals surface area contributed by atoms with E-state index in [1.54, 1.807) is 30.3 Å². The number of hydrogen-bond donors (Lipinski definition) is 0. The Hall–Kier alpha value is -5.40. The summed E-state index contributed by atoms with van der Waals surface area (Å²) in [5, 5.41) is 10.3. The predicted molar refractivity (Wildman–Crippen MR) is 155 cm³/mol. The minimum atomic E-state index is -0.278. The Morgan fingerprint density at radius 1 is 0.692 bits per heavy atom. The maximum atomic E-state index is 13.6. The smallest absolute Gasteiger partial charge is 0.235 e. The van der Waals surface area contributed by atoms with Crippen LogP contribution in [-0.4, -0.2) is 0 Å². The number of ether oxygens (including phenoxy) is 1. The monoisotopic (exact) mass is 505 g/mol. The van der Waals surface area contributed by atoms with Crippen molar-refractivity contribution in [1.29, 1.82) is 5.26 Å². The van der Waals surface area contributed by atoms with E-state index in [1.807, 2.05) is 97.9 Å². The third kappa shape index (κ3) is 4.70. The summed E-state index contributed by atoms with van der Waals surface area (Å²) >= 11 is 0. The second-order valence-corrected chi connectivity index (χ2v) is 9.32. The molecule has 0 aliphatic heterocycles. The van der Waals surface area contributed by atoms with E-state index in [0.29, 0.717) is 33.6 Å². The van der Waals surface area contributed by atoms with Crippen molar-refractivity contribution >= 4 is 11.0 Å². The molecule has 0 aliphatic rings. The first-order valence-electron chi connectivity index (χ1n) is 12.6. The molecule has 0 radical (unpaired) electrons. The molecule has 0 amide bonds. The second-order valence-electron chi connectivity index (χ2n) is 9.32. The summed E-state index contributed by atoms with van der Waals surface area (Å²) in [6.07, 6.45) is 0. The van der Waals surface area contributed by atoms with E-state index in [9.17, 15) is 10.1 Å². The van der Waals surface area contributed by atoms with Crippen LogP contribution in [0.5, 0.6) is 11.5 Å². The highest BCUT2D eigenvalue weighted by Crippen LogP contribution is 2.36. The predicted octanol–water partition coefficient (Wildman–Crippen LogP) is 8.77. The summed E-state index contributed by atoms with van der Waals surface area (Å²) in [5.74, 6) is 0.791. The van der Waals surface area contributed by atoms with Crippen molar-refractivity contribution in [3.8, 4) is 51.1 Å². The van der Waals surface area contributed by atoms with Gasteiger partial charge in [0.15, 0.2) is 5.76 Å². The van der Waals surface area contributed by atoms with E-state index in [2.05, 4.69) is 6.07 Å². The van der Waals surface area contributed by atoms with Gasteiger partial charge in [-0.05, 0) is 59.5 Å². The zero-order valence-electron chi connectivity index (χ0n) is 21.2. The fourth-order valence-electron chi connectivity index (χ4n) is 4.63. The van der Waals surface area contributed by atoms with Crippen LogP contribution in [0.25, 0.3) is 44.5 Å². The first kappa shape index (κ1) is 24.0. The molecular weight excluding hydrogens is 482 g/mol. The molecule has 1 aromatic heterocycles. The highest BCUT2D eigenvalue weighted by atomic mass is 16.5. The molecule has 0 saturated carbocycles. The quantitative estimate of drug-likeness (QED) is 0.235. The zero-order chi connectivity index (χ0) is 26.8. The average Bonchev–Trinajstić information content (AvgIpc) is 2.99. The molecule has 6 rings (SSSR count). The van der Waals surface area contributed by atoms with Crippen molar-refractivity contribution in [2.75, 3.05) is 0 Å². The lowest BCUT2D eigenvalue weighted by Gasteiger charge is -2.13. The molecule has 0 fully saturated rings. The largest absolute Gasteiger partial charge is 0.452 e. The summed E-state index contributed by atoms with van der Waals surface area (Å²) in [6, 6.07) is 40.5. The van der Waals surface area contributed by atoms with Gasteiger partial charge < -0.3 is 9.15 Å². The normalized spacial score (nSPS) is 10.8. The summed E-state index contributed by atoms with van der Waals surface area (Å²) in [5.41, 5.74) is 6.39. The molecule has 0 saturated heterocycles. The van der Waals surface area contributed by atoms with Gasteiger partial charge in [-0.15, -0.1) is 0 Å². The van der Waals surface area contributed by atoms with Gasteiger partial charge in [-0.1, -0.05) is 96.6 Å². The summed E-state index contributed by atoms with van der Waals surface area (Å²) in [6.45, 7) is 2.02. The summed E-state index contributed by atoms with van der Waals surface area (Å²) < 4.78 is 12.5. The number of benzene rings is 5. The number of aryl methyl sites for hydroxylation is 1. The number of nitriles is 1. The molecular formula is C35H23NO3. The minimum Gasteiger partial charge on any atom is -0.452 e. The van der Waals surface area contributed by atoms with Crippen molar-refractivity contribution in [2.24, 2.45) is 0 Å². The number of rotatable bonds is 5. The molecule has 0 aliphatic carbocycles. The highest BCUT2D eigenvalue weighted by Gasteiger charge is 2.19. The molecule has 4 heteroatoms. The first-order chi connectivity index (χ1) is 19.1. The third-order valence-corrected chi connectivity index (χ3v) is 6.70. The van der Waals surface area contributed by atoms with Crippen LogP contribution in [0.3, 0.4) is 0 Å². The Bertz CT molecular complexity index is 1900. The maximum Gasteiger partial charge on any atom is 0.235 e. The van der Waals surface area contributed by atoms with Gasteiger partial charge in [0.2, 0.25) is 11.2 Å². The Morgan fingerprint density at radius 2 is 1.33 bits per heavy atom. The lowest BCUT2D eigenvalue weighted by atomic mass is 9.99. The molecule has 0 bridgehead atoms. The highest BCUT2D eigenvalue weighted by molar-refractivity contribution is 5.83. The number of fused-ring (bicyclic) bond motifs is 1. The average molecular weight is 506 g/mol. The Morgan fingerprint density at radius 3 is 2.08 bits per heavy atom. The van der Waals surface area contributed by atoms with Gasteiger partial charge >= 0.3 is 0 Å². The molecule has 0 unspecified atom stereocenters. The van der Waals surface area contributed by atoms with Crippen LogP contribution in [0.4, 0.5) is 0 Å². The van der Waals surface area contributed by atoms with Gasteiger partial charge in [0.1, 0.15) is 11.3 Å². The van der Waals surface area contributed by atoms with E-state index >= 15 is 0 Å².